The van der Waals surface area contributed by atoms with Crippen molar-refractivity contribution in [1.29, 1.82) is 0 Å². The molecule has 0 atom stereocenters. The highest BCUT2D eigenvalue weighted by atomic mass is 35.5. The van der Waals surface area contributed by atoms with Gasteiger partial charge < -0.3 is 5.32 Å². The van der Waals surface area contributed by atoms with Crippen LogP contribution in [0.1, 0.15) is 15.9 Å². The van der Waals surface area contributed by atoms with Crippen LogP contribution in [0.15, 0.2) is 47.4 Å². The van der Waals surface area contributed by atoms with Crippen LogP contribution in [0.2, 0.25) is 5.02 Å². The van der Waals surface area contributed by atoms with E-state index in [9.17, 15) is 17.6 Å². The molecule has 5 nitrogen and oxygen atoms in total. The summed E-state index contributed by atoms with van der Waals surface area (Å²) < 4.78 is 38.6. The third kappa shape index (κ3) is 4.78. The van der Waals surface area contributed by atoms with Gasteiger partial charge in [0.15, 0.2) is 0 Å². The minimum atomic E-state index is -3.75. The minimum Gasteiger partial charge on any atom is -0.352 e. The summed E-state index contributed by atoms with van der Waals surface area (Å²) in [6, 6.07) is 10.2. The summed E-state index contributed by atoms with van der Waals surface area (Å²) in [6.45, 7) is 0.292. The van der Waals surface area contributed by atoms with Crippen LogP contribution in [-0.4, -0.2) is 39.3 Å². The molecule has 0 bridgehead atoms. The van der Waals surface area contributed by atoms with Crippen LogP contribution in [0.4, 0.5) is 4.39 Å². The van der Waals surface area contributed by atoms with Crippen LogP contribution in [0, 0.1) is 5.82 Å². The average molecular weight is 385 g/mol. The second-order valence-corrected chi connectivity index (χ2v) is 8.10. The zero-order valence-corrected chi connectivity index (χ0v) is 15.4. The van der Waals surface area contributed by atoms with Gasteiger partial charge in [-0.3, -0.25) is 4.79 Å². The van der Waals surface area contributed by atoms with E-state index >= 15 is 0 Å². The molecule has 0 aliphatic heterocycles. The Morgan fingerprint density at radius 3 is 2.56 bits per heavy atom. The van der Waals surface area contributed by atoms with Crippen molar-refractivity contribution in [3.63, 3.8) is 0 Å². The molecule has 0 saturated carbocycles. The van der Waals surface area contributed by atoms with E-state index in [0.717, 1.165) is 9.87 Å². The summed E-state index contributed by atoms with van der Waals surface area (Å²) in [5.41, 5.74) is 0.941. The third-order valence-electron chi connectivity index (χ3n) is 3.54. The van der Waals surface area contributed by atoms with E-state index in [4.69, 9.17) is 11.6 Å². The largest absolute Gasteiger partial charge is 0.352 e. The summed E-state index contributed by atoms with van der Waals surface area (Å²) in [5.74, 6) is -0.761. The number of nitrogens with zero attached hydrogens (tertiary/aromatic N) is 1. The first-order chi connectivity index (χ1) is 11.7. The summed E-state index contributed by atoms with van der Waals surface area (Å²) in [7, 11) is -0.980. The van der Waals surface area contributed by atoms with E-state index in [0.29, 0.717) is 13.0 Å². The first-order valence-electron chi connectivity index (χ1n) is 7.46. The number of sulfonamides is 1. The number of benzene rings is 2. The SMILES string of the molecule is CN(C)S(=O)(=O)c1cc(C(=O)NCCc2cccc(F)c2)ccc1Cl. The second kappa shape index (κ2) is 7.95. The van der Waals surface area contributed by atoms with Crippen LogP contribution in [0.5, 0.6) is 0 Å². The zero-order valence-electron chi connectivity index (χ0n) is 13.8. The van der Waals surface area contributed by atoms with E-state index in [1.807, 2.05) is 0 Å². The van der Waals surface area contributed by atoms with Gasteiger partial charge in [-0.1, -0.05) is 23.7 Å². The first-order valence-corrected chi connectivity index (χ1v) is 9.28. The van der Waals surface area contributed by atoms with Gasteiger partial charge in [0.05, 0.1) is 5.02 Å². The Morgan fingerprint density at radius 1 is 1.20 bits per heavy atom. The summed E-state index contributed by atoms with van der Waals surface area (Å²) in [6.07, 6.45) is 0.458. The van der Waals surface area contributed by atoms with Crippen molar-refractivity contribution in [2.24, 2.45) is 0 Å². The Kier molecular flexibility index (Phi) is 6.16. The highest BCUT2D eigenvalue weighted by Crippen LogP contribution is 2.24. The van der Waals surface area contributed by atoms with Crippen molar-refractivity contribution >= 4 is 27.5 Å². The number of hydrogen-bond acceptors (Lipinski definition) is 3. The molecule has 0 aromatic heterocycles. The van der Waals surface area contributed by atoms with Gasteiger partial charge in [0.1, 0.15) is 10.7 Å². The van der Waals surface area contributed by atoms with E-state index in [2.05, 4.69) is 5.32 Å². The second-order valence-electron chi connectivity index (χ2n) is 5.57. The fourth-order valence-electron chi connectivity index (χ4n) is 2.15. The predicted octanol–water partition coefficient (Wildman–Crippen LogP) is 2.70. The summed E-state index contributed by atoms with van der Waals surface area (Å²) in [5, 5.41) is 2.73. The number of nitrogens with one attached hydrogen (secondary N) is 1. The molecule has 134 valence electrons. The van der Waals surface area contributed by atoms with Crippen LogP contribution >= 0.6 is 11.6 Å². The molecule has 0 heterocycles. The van der Waals surface area contributed by atoms with Crippen LogP contribution in [-0.2, 0) is 16.4 Å². The van der Waals surface area contributed by atoms with Crippen LogP contribution in [0.3, 0.4) is 0 Å². The van der Waals surface area contributed by atoms with E-state index in [-0.39, 0.29) is 21.3 Å². The maximum Gasteiger partial charge on any atom is 0.251 e. The average Bonchev–Trinajstić information content (AvgIpc) is 2.54. The Morgan fingerprint density at radius 2 is 1.92 bits per heavy atom. The highest BCUT2D eigenvalue weighted by Gasteiger charge is 2.22. The fourth-order valence-corrected chi connectivity index (χ4v) is 3.55. The monoisotopic (exact) mass is 384 g/mol. The lowest BCUT2D eigenvalue weighted by molar-refractivity contribution is 0.0954. The Hall–Kier alpha value is -1.96. The Balaban J connectivity index is 2.10. The molecular formula is C17H18ClFN2O3S. The number of halogens is 2. The molecule has 0 aliphatic rings. The molecule has 1 amide bonds. The highest BCUT2D eigenvalue weighted by molar-refractivity contribution is 7.89. The maximum atomic E-state index is 13.1. The van der Waals surface area contributed by atoms with E-state index < -0.39 is 15.9 Å². The Bertz CT molecular complexity index is 885. The number of amides is 1. The Labute approximate surface area is 151 Å². The topological polar surface area (TPSA) is 66.5 Å². The molecule has 25 heavy (non-hydrogen) atoms. The van der Waals surface area contributed by atoms with Crippen molar-refractivity contribution in [3.05, 3.63) is 64.4 Å². The molecule has 2 aromatic rings. The van der Waals surface area contributed by atoms with Gasteiger partial charge in [-0.2, -0.15) is 0 Å². The van der Waals surface area contributed by atoms with Gasteiger partial charge >= 0.3 is 0 Å². The summed E-state index contributed by atoms with van der Waals surface area (Å²) >= 11 is 5.96. The van der Waals surface area contributed by atoms with Crippen molar-refractivity contribution in [1.82, 2.24) is 9.62 Å². The molecule has 0 radical (unpaired) electrons. The van der Waals surface area contributed by atoms with Gasteiger partial charge in [0, 0.05) is 26.2 Å². The summed E-state index contributed by atoms with van der Waals surface area (Å²) in [4.78, 5) is 12.1. The van der Waals surface area contributed by atoms with Gasteiger partial charge in [-0.05, 0) is 42.3 Å². The molecule has 0 saturated heterocycles. The van der Waals surface area contributed by atoms with Crippen molar-refractivity contribution in [3.8, 4) is 0 Å². The first kappa shape index (κ1) is 19.4. The number of rotatable bonds is 6. The van der Waals surface area contributed by atoms with Gasteiger partial charge in [-0.25, -0.2) is 17.1 Å². The standard InChI is InChI=1S/C17H18ClFN2O3S/c1-21(2)25(23,24)16-11-13(6-7-15(16)18)17(22)20-9-8-12-4-3-5-14(19)10-12/h3-7,10-11H,8-9H2,1-2H3,(H,20,22). The minimum absolute atomic E-state index is 0.0463. The molecule has 0 unspecified atom stereocenters. The van der Waals surface area contributed by atoms with Crippen LogP contribution in [0.25, 0.3) is 0 Å². The van der Waals surface area contributed by atoms with Gasteiger partial charge in [0.25, 0.3) is 5.91 Å². The third-order valence-corrected chi connectivity index (χ3v) is 5.84. The van der Waals surface area contributed by atoms with E-state index in [1.54, 1.807) is 12.1 Å². The molecule has 1 N–H and O–H groups in total. The number of hydrogen-bond donors (Lipinski definition) is 1. The van der Waals surface area contributed by atoms with E-state index in [1.165, 1.54) is 44.4 Å². The molecular weight excluding hydrogens is 367 g/mol. The smallest absolute Gasteiger partial charge is 0.251 e. The molecule has 0 spiro atoms. The molecule has 2 aromatic carbocycles. The molecule has 0 aliphatic carbocycles. The van der Waals surface area contributed by atoms with Crippen molar-refractivity contribution in [2.45, 2.75) is 11.3 Å². The predicted molar refractivity (Wildman–Crippen MR) is 94.8 cm³/mol. The van der Waals surface area contributed by atoms with Crippen molar-refractivity contribution < 1.29 is 17.6 Å². The lowest BCUT2D eigenvalue weighted by Gasteiger charge is -2.14. The molecule has 0 fully saturated rings. The van der Waals surface area contributed by atoms with Crippen molar-refractivity contribution in [2.75, 3.05) is 20.6 Å². The van der Waals surface area contributed by atoms with Gasteiger partial charge in [0.2, 0.25) is 10.0 Å². The number of carbonyl (C=O) groups is 1. The molecule has 2 rings (SSSR count). The molecule has 8 heteroatoms. The fraction of sp³-hybridized carbons (Fsp3) is 0.235. The zero-order chi connectivity index (χ0) is 18.6. The van der Waals surface area contributed by atoms with Crippen LogP contribution < -0.4 is 5.32 Å². The van der Waals surface area contributed by atoms with Gasteiger partial charge in [-0.15, -0.1) is 0 Å². The maximum absolute atomic E-state index is 13.1. The lowest BCUT2D eigenvalue weighted by atomic mass is 10.1. The normalized spacial score (nSPS) is 11.6. The quantitative estimate of drug-likeness (QED) is 0.832. The number of carbonyl (C=O) groups excluding carboxylic acids is 1. The lowest BCUT2D eigenvalue weighted by Crippen LogP contribution is -2.27.